The van der Waals surface area contributed by atoms with Gasteiger partial charge in [-0.05, 0) is 46.1 Å². The van der Waals surface area contributed by atoms with Gasteiger partial charge < -0.3 is 5.32 Å². The highest BCUT2D eigenvalue weighted by atomic mass is 79.9. The molecule has 1 aromatic heterocycles. The molecule has 0 aliphatic rings. The van der Waals surface area contributed by atoms with Crippen molar-refractivity contribution in [2.45, 2.75) is 19.4 Å². The van der Waals surface area contributed by atoms with E-state index in [0.29, 0.717) is 5.56 Å². The third kappa shape index (κ3) is 3.88. The second kappa shape index (κ2) is 6.97. The second-order valence-corrected chi connectivity index (χ2v) is 6.94. The van der Waals surface area contributed by atoms with Crippen LogP contribution in [0.2, 0.25) is 0 Å². The van der Waals surface area contributed by atoms with Crippen LogP contribution in [0.4, 0.5) is 4.39 Å². The molecule has 0 aliphatic heterocycles. The first-order valence-electron chi connectivity index (χ1n) is 6.02. The second-order valence-electron chi connectivity index (χ2n) is 4.17. The van der Waals surface area contributed by atoms with E-state index in [4.69, 9.17) is 0 Å². The molecule has 1 nitrogen and oxygen atoms in total. The molecule has 0 aliphatic carbocycles. The van der Waals surface area contributed by atoms with Crippen LogP contribution in [0.25, 0.3) is 0 Å². The van der Waals surface area contributed by atoms with Crippen molar-refractivity contribution in [3.63, 3.8) is 0 Å². The van der Waals surface area contributed by atoms with Crippen molar-refractivity contribution in [3.8, 4) is 0 Å². The van der Waals surface area contributed by atoms with Crippen molar-refractivity contribution in [2.75, 3.05) is 6.54 Å². The molecule has 0 radical (unpaired) electrons. The highest BCUT2D eigenvalue weighted by Gasteiger charge is 2.17. The Morgan fingerprint density at radius 2 is 2.11 bits per heavy atom. The zero-order chi connectivity index (χ0) is 13.8. The molecule has 102 valence electrons. The fraction of sp³-hybridized carbons (Fsp3) is 0.286. The van der Waals surface area contributed by atoms with Crippen LogP contribution in [-0.4, -0.2) is 6.54 Å². The summed E-state index contributed by atoms with van der Waals surface area (Å²) < 4.78 is 15.9. The first-order chi connectivity index (χ1) is 9.11. The fourth-order valence-corrected chi connectivity index (χ4v) is 3.87. The average molecular weight is 407 g/mol. The number of benzene rings is 1. The van der Waals surface area contributed by atoms with Crippen molar-refractivity contribution in [2.24, 2.45) is 0 Å². The molecule has 0 fully saturated rings. The largest absolute Gasteiger partial charge is 0.310 e. The van der Waals surface area contributed by atoms with E-state index in [1.54, 1.807) is 11.3 Å². The van der Waals surface area contributed by atoms with E-state index in [9.17, 15) is 4.39 Å². The summed E-state index contributed by atoms with van der Waals surface area (Å²) in [5.74, 6) is -0.173. The minimum absolute atomic E-state index is 0.00644. The van der Waals surface area contributed by atoms with Crippen LogP contribution in [0.5, 0.6) is 0 Å². The maximum absolute atomic E-state index is 14.1. The van der Waals surface area contributed by atoms with Gasteiger partial charge in [0.1, 0.15) is 5.82 Å². The standard InChI is InChI=1S/C14H14Br2FNS/c1-2-18-13(8-14-11(16)5-6-19-14)10-4-3-9(15)7-12(10)17/h3-7,13,18H,2,8H2,1H3. The summed E-state index contributed by atoms with van der Waals surface area (Å²) in [7, 11) is 0. The number of rotatable bonds is 5. The fourth-order valence-electron chi connectivity index (χ4n) is 1.98. The zero-order valence-electron chi connectivity index (χ0n) is 10.4. The Morgan fingerprint density at radius 3 is 2.68 bits per heavy atom. The molecule has 0 spiro atoms. The third-order valence-electron chi connectivity index (χ3n) is 2.87. The van der Waals surface area contributed by atoms with E-state index in [-0.39, 0.29) is 11.9 Å². The number of halogens is 3. The minimum atomic E-state index is -0.173. The molecule has 1 N–H and O–H groups in total. The van der Waals surface area contributed by atoms with Gasteiger partial charge in [0.25, 0.3) is 0 Å². The van der Waals surface area contributed by atoms with E-state index in [0.717, 1.165) is 21.9 Å². The number of hydrogen-bond acceptors (Lipinski definition) is 2. The lowest BCUT2D eigenvalue weighted by molar-refractivity contribution is 0.511. The number of nitrogens with one attached hydrogen (secondary N) is 1. The molecule has 1 atom stereocenters. The van der Waals surface area contributed by atoms with Crippen LogP contribution in [0.1, 0.15) is 23.4 Å². The van der Waals surface area contributed by atoms with Crippen LogP contribution in [0.15, 0.2) is 38.6 Å². The van der Waals surface area contributed by atoms with Gasteiger partial charge in [-0.1, -0.05) is 28.9 Å². The van der Waals surface area contributed by atoms with Gasteiger partial charge in [0.2, 0.25) is 0 Å². The molecular formula is C14H14Br2FNS. The van der Waals surface area contributed by atoms with Gasteiger partial charge in [0.05, 0.1) is 0 Å². The van der Waals surface area contributed by atoms with E-state index >= 15 is 0 Å². The molecule has 0 amide bonds. The summed E-state index contributed by atoms with van der Waals surface area (Å²) in [4.78, 5) is 1.23. The van der Waals surface area contributed by atoms with Crippen LogP contribution in [0, 0.1) is 5.82 Å². The summed E-state index contributed by atoms with van der Waals surface area (Å²) in [6.45, 7) is 2.84. The van der Waals surface area contributed by atoms with Gasteiger partial charge in [-0.15, -0.1) is 11.3 Å². The average Bonchev–Trinajstić information content (AvgIpc) is 2.75. The summed E-state index contributed by atoms with van der Waals surface area (Å²) in [5.41, 5.74) is 0.713. The lowest BCUT2D eigenvalue weighted by Gasteiger charge is -2.19. The highest BCUT2D eigenvalue weighted by Crippen LogP contribution is 2.30. The highest BCUT2D eigenvalue weighted by molar-refractivity contribution is 9.10. The van der Waals surface area contributed by atoms with Gasteiger partial charge in [0, 0.05) is 31.8 Å². The molecule has 2 rings (SSSR count). The first kappa shape index (κ1) is 15.2. The van der Waals surface area contributed by atoms with Gasteiger partial charge in [-0.2, -0.15) is 0 Å². The van der Waals surface area contributed by atoms with Gasteiger partial charge in [-0.25, -0.2) is 4.39 Å². The molecule has 0 saturated carbocycles. The summed E-state index contributed by atoms with van der Waals surface area (Å²) in [5, 5.41) is 5.40. The van der Waals surface area contributed by atoms with Crippen molar-refractivity contribution in [1.82, 2.24) is 5.32 Å². The van der Waals surface area contributed by atoms with Crippen LogP contribution < -0.4 is 5.32 Å². The molecule has 1 aromatic carbocycles. The summed E-state index contributed by atoms with van der Waals surface area (Å²) in [6, 6.07) is 7.26. The molecule has 5 heteroatoms. The van der Waals surface area contributed by atoms with Crippen molar-refractivity contribution >= 4 is 43.2 Å². The molecule has 0 saturated heterocycles. The molecule has 1 heterocycles. The van der Waals surface area contributed by atoms with E-state index in [1.165, 1.54) is 10.9 Å². The van der Waals surface area contributed by atoms with Crippen LogP contribution >= 0.6 is 43.2 Å². The van der Waals surface area contributed by atoms with Crippen molar-refractivity contribution in [3.05, 3.63) is 54.8 Å². The Bertz CT molecular complexity index is 556. The van der Waals surface area contributed by atoms with Crippen molar-refractivity contribution in [1.29, 1.82) is 0 Å². The predicted octanol–water partition coefficient (Wildman–Crippen LogP) is 5.31. The third-order valence-corrected chi connectivity index (χ3v) is 5.31. The molecule has 2 aromatic rings. The van der Waals surface area contributed by atoms with E-state index < -0.39 is 0 Å². The molecular weight excluding hydrogens is 393 g/mol. The van der Waals surface area contributed by atoms with Crippen molar-refractivity contribution < 1.29 is 4.39 Å². The number of likely N-dealkylation sites (N-methyl/N-ethyl adjacent to an activating group) is 1. The monoisotopic (exact) mass is 405 g/mol. The quantitative estimate of drug-likeness (QED) is 0.709. The van der Waals surface area contributed by atoms with Crippen LogP contribution in [-0.2, 0) is 6.42 Å². The van der Waals surface area contributed by atoms with Gasteiger partial charge in [0.15, 0.2) is 0 Å². The Balaban J connectivity index is 2.27. The lowest BCUT2D eigenvalue weighted by atomic mass is 10.0. The Labute approximate surface area is 133 Å². The topological polar surface area (TPSA) is 12.0 Å². The van der Waals surface area contributed by atoms with Crippen LogP contribution in [0.3, 0.4) is 0 Å². The zero-order valence-corrected chi connectivity index (χ0v) is 14.4. The molecule has 0 bridgehead atoms. The van der Waals surface area contributed by atoms with Gasteiger partial charge >= 0.3 is 0 Å². The smallest absolute Gasteiger partial charge is 0.129 e. The van der Waals surface area contributed by atoms with E-state index in [1.807, 2.05) is 30.5 Å². The number of thiophene rings is 1. The Hall–Kier alpha value is -0.230. The maximum atomic E-state index is 14.1. The van der Waals surface area contributed by atoms with E-state index in [2.05, 4.69) is 37.2 Å². The Kier molecular flexibility index (Phi) is 5.57. The maximum Gasteiger partial charge on any atom is 0.129 e. The normalized spacial score (nSPS) is 12.6. The SMILES string of the molecule is CCNC(Cc1sccc1Br)c1ccc(Br)cc1F. The molecule has 1 unspecified atom stereocenters. The molecule has 19 heavy (non-hydrogen) atoms. The first-order valence-corrected chi connectivity index (χ1v) is 8.48. The minimum Gasteiger partial charge on any atom is -0.310 e. The summed E-state index contributed by atoms with van der Waals surface area (Å²) in [6.07, 6.45) is 0.782. The Morgan fingerprint density at radius 1 is 1.32 bits per heavy atom. The lowest BCUT2D eigenvalue weighted by Crippen LogP contribution is -2.23. The summed E-state index contributed by atoms with van der Waals surface area (Å²) >= 11 is 8.51. The predicted molar refractivity (Wildman–Crippen MR) is 86.2 cm³/mol. The number of hydrogen-bond donors (Lipinski definition) is 1. The van der Waals surface area contributed by atoms with Gasteiger partial charge in [-0.3, -0.25) is 0 Å².